The van der Waals surface area contributed by atoms with Crippen molar-refractivity contribution in [1.29, 1.82) is 5.26 Å². The molecule has 31 heavy (non-hydrogen) atoms. The van der Waals surface area contributed by atoms with E-state index in [0.29, 0.717) is 5.02 Å². The maximum atomic E-state index is 12.7. The van der Waals surface area contributed by atoms with Gasteiger partial charge in [-0.2, -0.15) is 10.4 Å². The van der Waals surface area contributed by atoms with Gasteiger partial charge in [-0.15, -0.1) is 0 Å². The van der Waals surface area contributed by atoms with Gasteiger partial charge in [0.1, 0.15) is 6.07 Å². The van der Waals surface area contributed by atoms with E-state index in [1.54, 1.807) is 0 Å². The first kappa shape index (κ1) is 19.8. The van der Waals surface area contributed by atoms with Gasteiger partial charge in [0.2, 0.25) is 0 Å². The van der Waals surface area contributed by atoms with E-state index in [1.807, 2.05) is 60.1 Å². The third-order valence-electron chi connectivity index (χ3n) is 6.93. The molecule has 4 nitrogen and oxygen atoms in total. The summed E-state index contributed by atoms with van der Waals surface area (Å²) in [6.45, 7) is 4.08. The van der Waals surface area contributed by atoms with Crippen molar-refractivity contribution in [3.05, 3.63) is 82.5 Å². The summed E-state index contributed by atoms with van der Waals surface area (Å²) in [5, 5.41) is 15.4. The van der Waals surface area contributed by atoms with Crippen LogP contribution in [0.4, 0.5) is 0 Å². The molecule has 5 rings (SSSR count). The summed E-state index contributed by atoms with van der Waals surface area (Å²) < 4.78 is 1.99. The molecule has 1 aromatic heterocycles. The average molecular weight is 428 g/mol. The van der Waals surface area contributed by atoms with Gasteiger partial charge >= 0.3 is 0 Å². The van der Waals surface area contributed by atoms with Crippen LogP contribution in [-0.4, -0.2) is 15.6 Å². The number of nitriles is 1. The summed E-state index contributed by atoms with van der Waals surface area (Å²) in [6.07, 6.45) is 3.60. The molecule has 2 aromatic carbocycles. The number of hydrogen-bond acceptors (Lipinski definition) is 3. The number of fused-ring (bicyclic) bond motifs is 3. The quantitative estimate of drug-likeness (QED) is 0.528. The molecular formula is C26H22ClN3O. The predicted molar refractivity (Wildman–Crippen MR) is 121 cm³/mol. The second kappa shape index (κ2) is 7.21. The number of allylic oxidation sites excluding steroid dienone is 2. The first-order valence-electron chi connectivity index (χ1n) is 10.5. The molecule has 0 aliphatic heterocycles. The molecule has 3 aromatic rings. The molecule has 0 fully saturated rings. The lowest BCUT2D eigenvalue weighted by Crippen LogP contribution is -2.45. The lowest BCUT2D eigenvalue weighted by Gasteiger charge is -2.44. The monoisotopic (exact) mass is 427 g/mol. The van der Waals surface area contributed by atoms with Crippen molar-refractivity contribution in [2.45, 2.75) is 32.1 Å². The third-order valence-corrected chi connectivity index (χ3v) is 7.19. The molecule has 0 saturated heterocycles. The standard InChI is InChI=1S/C26H22ClN3O/c1-16-22-13-12-21-23(17-6-4-3-5-7-17)30(20-10-8-19(27)9-11-20)29-25(21)26(22,2)14-18(15-28)24(16)31/h3-11,14,16,22H,12-13H2,1-2H3/t16-,22-,26-/m1/s1. The third kappa shape index (κ3) is 2.96. The van der Waals surface area contributed by atoms with Gasteiger partial charge < -0.3 is 0 Å². The van der Waals surface area contributed by atoms with Gasteiger partial charge in [0.05, 0.1) is 22.6 Å². The number of hydrogen-bond donors (Lipinski definition) is 0. The van der Waals surface area contributed by atoms with Gasteiger partial charge in [0.25, 0.3) is 0 Å². The van der Waals surface area contributed by atoms with Crippen LogP contribution in [0.1, 0.15) is 31.5 Å². The van der Waals surface area contributed by atoms with Crippen LogP contribution in [0, 0.1) is 23.2 Å². The fourth-order valence-corrected chi connectivity index (χ4v) is 5.51. The highest BCUT2D eigenvalue weighted by molar-refractivity contribution is 6.30. The minimum absolute atomic E-state index is 0.0474. The Labute approximate surface area is 186 Å². The zero-order chi connectivity index (χ0) is 21.8. The minimum atomic E-state index is -0.465. The molecular weight excluding hydrogens is 406 g/mol. The average Bonchev–Trinajstić information content (AvgIpc) is 3.18. The number of rotatable bonds is 2. The number of nitrogens with zero attached hydrogens (tertiary/aromatic N) is 3. The van der Waals surface area contributed by atoms with Gasteiger partial charge in [-0.3, -0.25) is 4.79 Å². The lowest BCUT2D eigenvalue weighted by molar-refractivity contribution is -0.121. The van der Waals surface area contributed by atoms with Crippen LogP contribution in [0.5, 0.6) is 0 Å². The molecule has 2 aliphatic rings. The van der Waals surface area contributed by atoms with Crippen LogP contribution in [0.15, 0.2) is 66.2 Å². The second-order valence-corrected chi connectivity index (χ2v) is 9.12. The van der Waals surface area contributed by atoms with E-state index in [9.17, 15) is 10.1 Å². The molecule has 0 saturated carbocycles. The fraction of sp³-hybridized carbons (Fsp3) is 0.269. The Bertz CT molecular complexity index is 1250. The Morgan fingerprint density at radius 1 is 1.16 bits per heavy atom. The molecule has 0 amide bonds. The molecule has 1 heterocycles. The molecule has 0 bridgehead atoms. The van der Waals surface area contributed by atoms with E-state index in [-0.39, 0.29) is 23.2 Å². The smallest absolute Gasteiger partial charge is 0.176 e. The van der Waals surface area contributed by atoms with E-state index in [4.69, 9.17) is 16.7 Å². The minimum Gasteiger partial charge on any atom is -0.293 e. The molecule has 0 unspecified atom stereocenters. The van der Waals surface area contributed by atoms with Crippen LogP contribution in [-0.2, 0) is 16.6 Å². The summed E-state index contributed by atoms with van der Waals surface area (Å²) in [5.41, 5.74) is 5.03. The molecule has 0 spiro atoms. The van der Waals surface area contributed by atoms with Crippen LogP contribution < -0.4 is 0 Å². The first-order chi connectivity index (χ1) is 14.9. The number of Topliss-reactive ketones (excluding diaryl/α,β-unsaturated/α-hetero) is 1. The Kier molecular flexibility index (Phi) is 4.60. The number of carbonyl (C=O) groups excluding carboxylic acids is 1. The lowest BCUT2D eigenvalue weighted by atomic mass is 9.58. The highest BCUT2D eigenvalue weighted by Crippen LogP contribution is 2.51. The van der Waals surface area contributed by atoms with Crippen molar-refractivity contribution in [3.8, 4) is 23.0 Å². The summed E-state index contributed by atoms with van der Waals surface area (Å²) in [7, 11) is 0. The fourth-order valence-electron chi connectivity index (χ4n) is 5.39. The van der Waals surface area contributed by atoms with Crippen molar-refractivity contribution in [1.82, 2.24) is 9.78 Å². The van der Waals surface area contributed by atoms with Gasteiger partial charge in [0.15, 0.2) is 5.78 Å². The zero-order valence-corrected chi connectivity index (χ0v) is 18.2. The summed E-state index contributed by atoms with van der Waals surface area (Å²) in [4.78, 5) is 12.7. The van der Waals surface area contributed by atoms with Gasteiger partial charge in [-0.1, -0.05) is 61.9 Å². The van der Waals surface area contributed by atoms with Gasteiger partial charge in [-0.05, 0) is 43.0 Å². The zero-order valence-electron chi connectivity index (χ0n) is 17.5. The van der Waals surface area contributed by atoms with Crippen molar-refractivity contribution < 1.29 is 4.79 Å². The van der Waals surface area contributed by atoms with E-state index in [0.717, 1.165) is 35.5 Å². The summed E-state index contributed by atoms with van der Waals surface area (Å²) in [6, 6.07) is 20.1. The topological polar surface area (TPSA) is 58.7 Å². The SMILES string of the molecule is C[C@H]1C(=O)C(C#N)=C[C@@]2(C)c3nn(-c4ccc(Cl)cc4)c(-c4ccccc4)c3CC[C@H]12. The van der Waals surface area contributed by atoms with Crippen LogP contribution in [0.3, 0.4) is 0 Å². The van der Waals surface area contributed by atoms with Gasteiger partial charge in [0, 0.05) is 27.5 Å². The highest BCUT2D eigenvalue weighted by atomic mass is 35.5. The summed E-state index contributed by atoms with van der Waals surface area (Å²) in [5.74, 6) is -0.116. The van der Waals surface area contributed by atoms with E-state index >= 15 is 0 Å². The molecule has 3 atom stereocenters. The Balaban J connectivity index is 1.79. The predicted octanol–water partition coefficient (Wildman–Crippen LogP) is 5.68. The van der Waals surface area contributed by atoms with Gasteiger partial charge in [-0.25, -0.2) is 4.68 Å². The van der Waals surface area contributed by atoms with E-state index < -0.39 is 5.41 Å². The first-order valence-corrected chi connectivity index (χ1v) is 10.9. The van der Waals surface area contributed by atoms with Crippen molar-refractivity contribution in [3.63, 3.8) is 0 Å². The molecule has 0 radical (unpaired) electrons. The van der Waals surface area contributed by atoms with E-state index in [1.165, 1.54) is 5.56 Å². The number of ketones is 1. The van der Waals surface area contributed by atoms with Crippen molar-refractivity contribution in [2.75, 3.05) is 0 Å². The van der Waals surface area contributed by atoms with E-state index in [2.05, 4.69) is 25.1 Å². The maximum absolute atomic E-state index is 12.7. The normalized spacial score (nSPS) is 24.7. The van der Waals surface area contributed by atoms with Crippen molar-refractivity contribution in [2.24, 2.45) is 11.8 Å². The number of aromatic nitrogens is 2. The maximum Gasteiger partial charge on any atom is 0.176 e. The number of halogens is 1. The van der Waals surface area contributed by atoms with Crippen LogP contribution in [0.25, 0.3) is 16.9 Å². The molecule has 2 aliphatic carbocycles. The van der Waals surface area contributed by atoms with Crippen molar-refractivity contribution >= 4 is 17.4 Å². The number of benzene rings is 2. The Morgan fingerprint density at radius 3 is 2.55 bits per heavy atom. The number of carbonyl (C=O) groups is 1. The molecule has 5 heteroatoms. The Morgan fingerprint density at radius 2 is 1.87 bits per heavy atom. The largest absolute Gasteiger partial charge is 0.293 e. The summed E-state index contributed by atoms with van der Waals surface area (Å²) >= 11 is 6.13. The Hall–Kier alpha value is -3.16. The molecule has 154 valence electrons. The second-order valence-electron chi connectivity index (χ2n) is 8.68. The molecule has 0 N–H and O–H groups in total. The van der Waals surface area contributed by atoms with Crippen LogP contribution >= 0.6 is 11.6 Å². The highest BCUT2D eigenvalue weighted by Gasteiger charge is 2.50. The van der Waals surface area contributed by atoms with Crippen LogP contribution in [0.2, 0.25) is 5.02 Å².